The van der Waals surface area contributed by atoms with Crippen LogP contribution in [0.2, 0.25) is 5.02 Å². The highest BCUT2D eigenvalue weighted by Crippen LogP contribution is 2.27. The van der Waals surface area contributed by atoms with Gasteiger partial charge < -0.3 is 20.6 Å². The first-order valence-electron chi connectivity index (χ1n) is 6.50. The third kappa shape index (κ3) is 6.35. The largest absolute Gasteiger partial charge is 0.495 e. The van der Waals surface area contributed by atoms with E-state index in [0.29, 0.717) is 34.6 Å². The first-order chi connectivity index (χ1) is 9.92. The third-order valence-electron chi connectivity index (χ3n) is 2.43. The Hall–Kier alpha value is -1.95. The number of benzene rings is 1. The van der Waals surface area contributed by atoms with Gasteiger partial charge >= 0.3 is 0 Å². The molecular formula is C14H20ClN3O3. The molecule has 1 amide bonds. The third-order valence-corrected chi connectivity index (χ3v) is 2.73. The van der Waals surface area contributed by atoms with Crippen molar-refractivity contribution < 1.29 is 14.4 Å². The highest BCUT2D eigenvalue weighted by molar-refractivity contribution is 6.32. The zero-order valence-electron chi connectivity index (χ0n) is 12.4. The number of anilines is 1. The predicted octanol–water partition coefficient (Wildman–Crippen LogP) is 2.62. The first-order valence-corrected chi connectivity index (χ1v) is 6.88. The van der Waals surface area contributed by atoms with Crippen molar-refractivity contribution in [3.05, 3.63) is 23.2 Å². The van der Waals surface area contributed by atoms with E-state index >= 15 is 0 Å². The molecule has 0 fully saturated rings. The molecule has 0 aliphatic carbocycles. The summed E-state index contributed by atoms with van der Waals surface area (Å²) in [6, 6.07) is 4.94. The minimum atomic E-state index is -0.350. The molecule has 0 aromatic heterocycles. The lowest BCUT2D eigenvalue weighted by molar-refractivity contribution is -0.120. The van der Waals surface area contributed by atoms with Crippen LogP contribution < -0.4 is 15.8 Å². The molecule has 7 heteroatoms. The summed E-state index contributed by atoms with van der Waals surface area (Å²) in [6.07, 6.45) is 0.621. The van der Waals surface area contributed by atoms with E-state index < -0.39 is 0 Å². The van der Waals surface area contributed by atoms with Crippen LogP contribution >= 0.6 is 11.6 Å². The molecule has 0 aliphatic rings. The van der Waals surface area contributed by atoms with Crippen LogP contribution in [0.1, 0.15) is 20.3 Å². The second-order valence-corrected chi connectivity index (χ2v) is 5.26. The Bertz CT molecular complexity index is 518. The van der Waals surface area contributed by atoms with E-state index in [0.717, 1.165) is 0 Å². The Morgan fingerprint density at radius 2 is 2.19 bits per heavy atom. The van der Waals surface area contributed by atoms with Gasteiger partial charge in [-0.1, -0.05) is 30.6 Å². The number of ether oxygens (including phenoxy) is 1. The molecule has 116 valence electrons. The fourth-order valence-electron chi connectivity index (χ4n) is 1.57. The Balaban J connectivity index is 2.45. The molecule has 1 rings (SSSR count). The first kappa shape index (κ1) is 17.1. The maximum atomic E-state index is 11.7. The van der Waals surface area contributed by atoms with Crippen LogP contribution in [-0.2, 0) is 9.63 Å². The number of amides is 1. The van der Waals surface area contributed by atoms with Crippen molar-refractivity contribution in [3.8, 4) is 5.75 Å². The molecule has 3 N–H and O–H groups in total. The number of nitrogens with two attached hydrogens (primary N) is 1. The fraction of sp³-hybridized carbons (Fsp3) is 0.429. The van der Waals surface area contributed by atoms with Gasteiger partial charge in [-0.15, -0.1) is 0 Å². The summed E-state index contributed by atoms with van der Waals surface area (Å²) in [5.41, 5.74) is 6.18. The number of methoxy groups -OCH3 is 1. The van der Waals surface area contributed by atoms with Crippen molar-refractivity contribution in [1.82, 2.24) is 0 Å². The molecule has 1 aromatic carbocycles. The minimum absolute atomic E-state index is 0.220. The average Bonchev–Trinajstić information content (AvgIpc) is 2.38. The fourth-order valence-corrected chi connectivity index (χ4v) is 1.83. The Morgan fingerprint density at radius 3 is 2.76 bits per heavy atom. The zero-order chi connectivity index (χ0) is 15.8. The normalized spacial score (nSPS) is 11.4. The van der Waals surface area contributed by atoms with E-state index in [2.05, 4.69) is 10.5 Å². The van der Waals surface area contributed by atoms with Crippen LogP contribution in [0.25, 0.3) is 0 Å². The molecule has 0 bridgehead atoms. The second-order valence-electron chi connectivity index (χ2n) is 4.85. The van der Waals surface area contributed by atoms with Gasteiger partial charge in [0.25, 0.3) is 5.91 Å². The number of rotatable bonds is 7. The molecule has 0 saturated heterocycles. The van der Waals surface area contributed by atoms with Gasteiger partial charge in [0.1, 0.15) is 11.6 Å². The number of oxime groups is 1. The van der Waals surface area contributed by atoms with Gasteiger partial charge in [0, 0.05) is 12.1 Å². The number of hydrogen-bond donors (Lipinski definition) is 2. The second kappa shape index (κ2) is 8.36. The van der Waals surface area contributed by atoms with Crippen LogP contribution in [0.3, 0.4) is 0 Å². The van der Waals surface area contributed by atoms with Crippen LogP contribution in [0.4, 0.5) is 5.69 Å². The molecule has 6 nitrogen and oxygen atoms in total. The zero-order valence-corrected chi connectivity index (χ0v) is 13.1. The van der Waals surface area contributed by atoms with E-state index in [1.807, 2.05) is 13.8 Å². The van der Waals surface area contributed by atoms with Crippen molar-refractivity contribution >= 4 is 29.0 Å². The molecule has 1 aromatic rings. The van der Waals surface area contributed by atoms with Gasteiger partial charge in [0.15, 0.2) is 6.61 Å². The lowest BCUT2D eigenvalue weighted by Gasteiger charge is -2.08. The summed E-state index contributed by atoms with van der Waals surface area (Å²) in [5, 5.41) is 6.73. The van der Waals surface area contributed by atoms with Crippen molar-refractivity contribution in [1.29, 1.82) is 0 Å². The number of nitrogens with zero attached hydrogens (tertiary/aromatic N) is 1. The van der Waals surface area contributed by atoms with Gasteiger partial charge in [-0.25, -0.2) is 0 Å². The minimum Gasteiger partial charge on any atom is -0.495 e. The van der Waals surface area contributed by atoms with E-state index in [1.165, 1.54) is 7.11 Å². The maximum Gasteiger partial charge on any atom is 0.265 e. The van der Waals surface area contributed by atoms with E-state index in [4.69, 9.17) is 26.9 Å². The number of hydrogen-bond acceptors (Lipinski definition) is 4. The number of carbonyl (C=O) groups is 1. The summed E-state index contributed by atoms with van der Waals surface area (Å²) in [4.78, 5) is 16.6. The molecule has 0 saturated carbocycles. The topological polar surface area (TPSA) is 85.9 Å². The Kier molecular flexibility index (Phi) is 6.81. The van der Waals surface area contributed by atoms with Crippen molar-refractivity contribution in [2.45, 2.75) is 20.3 Å². The summed E-state index contributed by atoms with van der Waals surface area (Å²) in [5.74, 6) is 0.937. The van der Waals surface area contributed by atoms with Crippen LogP contribution in [0, 0.1) is 5.92 Å². The predicted molar refractivity (Wildman–Crippen MR) is 83.7 cm³/mol. The summed E-state index contributed by atoms with van der Waals surface area (Å²) in [6.45, 7) is 3.81. The summed E-state index contributed by atoms with van der Waals surface area (Å²) in [7, 11) is 1.52. The molecular weight excluding hydrogens is 294 g/mol. The Labute approximate surface area is 129 Å². The van der Waals surface area contributed by atoms with Gasteiger partial charge in [0.2, 0.25) is 0 Å². The standard InChI is InChI=1S/C14H20ClN3O3/c1-9(2)6-13(16)18-21-8-14(19)17-10-4-5-12(20-3)11(15)7-10/h4-5,7,9H,6,8H2,1-3H3,(H2,16,18)(H,17,19). The van der Waals surface area contributed by atoms with E-state index in [-0.39, 0.29) is 12.5 Å². The summed E-state index contributed by atoms with van der Waals surface area (Å²) < 4.78 is 5.03. The van der Waals surface area contributed by atoms with Crippen molar-refractivity contribution in [2.75, 3.05) is 19.0 Å². The number of halogens is 1. The van der Waals surface area contributed by atoms with Crippen LogP contribution in [0.5, 0.6) is 5.75 Å². The number of carbonyl (C=O) groups excluding carboxylic acids is 1. The highest BCUT2D eigenvalue weighted by Gasteiger charge is 2.06. The van der Waals surface area contributed by atoms with Gasteiger partial charge in [0.05, 0.1) is 12.1 Å². The van der Waals surface area contributed by atoms with Crippen molar-refractivity contribution in [2.24, 2.45) is 16.8 Å². The monoisotopic (exact) mass is 313 g/mol. The molecule has 0 aliphatic heterocycles. The lowest BCUT2D eigenvalue weighted by atomic mass is 10.1. The van der Waals surface area contributed by atoms with E-state index in [1.54, 1.807) is 18.2 Å². The maximum absolute atomic E-state index is 11.7. The van der Waals surface area contributed by atoms with Gasteiger partial charge in [-0.3, -0.25) is 4.79 Å². The van der Waals surface area contributed by atoms with E-state index in [9.17, 15) is 4.79 Å². The molecule has 0 unspecified atom stereocenters. The van der Waals surface area contributed by atoms with Crippen molar-refractivity contribution in [3.63, 3.8) is 0 Å². The molecule has 0 heterocycles. The van der Waals surface area contributed by atoms with Crippen LogP contribution in [0.15, 0.2) is 23.4 Å². The molecule has 0 radical (unpaired) electrons. The Morgan fingerprint density at radius 1 is 1.48 bits per heavy atom. The SMILES string of the molecule is COc1ccc(NC(=O)CON=C(N)CC(C)C)cc1Cl. The number of nitrogens with one attached hydrogen (secondary N) is 1. The van der Waals surface area contributed by atoms with Gasteiger partial charge in [-0.05, 0) is 24.1 Å². The number of amidine groups is 1. The average molecular weight is 314 g/mol. The molecule has 21 heavy (non-hydrogen) atoms. The molecule has 0 spiro atoms. The smallest absolute Gasteiger partial charge is 0.265 e. The quantitative estimate of drug-likeness (QED) is 0.460. The van der Waals surface area contributed by atoms with Gasteiger partial charge in [-0.2, -0.15) is 0 Å². The van der Waals surface area contributed by atoms with Crippen LogP contribution in [-0.4, -0.2) is 25.5 Å². The lowest BCUT2D eigenvalue weighted by Crippen LogP contribution is -2.19. The molecule has 0 atom stereocenters. The summed E-state index contributed by atoms with van der Waals surface area (Å²) >= 11 is 5.96. The highest BCUT2D eigenvalue weighted by atomic mass is 35.5.